The number of alkyl halides is 3. The first-order chi connectivity index (χ1) is 10.4. The maximum absolute atomic E-state index is 13.7. The first kappa shape index (κ1) is 15.7. The average molecular weight is 316 g/mol. The molecule has 0 aromatic heterocycles. The van der Waals surface area contributed by atoms with Crippen LogP contribution in [0.2, 0.25) is 0 Å². The molecule has 1 saturated heterocycles. The lowest BCUT2D eigenvalue weighted by atomic mass is 9.76. The van der Waals surface area contributed by atoms with Gasteiger partial charge < -0.3 is 5.32 Å². The molecule has 0 spiro atoms. The summed E-state index contributed by atoms with van der Waals surface area (Å²) in [5.74, 6) is -0.467. The van der Waals surface area contributed by atoms with Crippen LogP contribution in [-0.4, -0.2) is 31.1 Å². The Morgan fingerprint density at radius 3 is 2.32 bits per heavy atom. The largest absolute Gasteiger partial charge is 0.416 e. The molecule has 122 valence electrons. The van der Waals surface area contributed by atoms with E-state index in [2.05, 4.69) is 10.2 Å². The highest BCUT2D eigenvalue weighted by molar-refractivity contribution is 5.30. The fraction of sp³-hybridized carbons (Fsp3) is 0.625. The van der Waals surface area contributed by atoms with E-state index in [0.717, 1.165) is 51.5 Å². The molecule has 22 heavy (non-hydrogen) atoms. The number of hydrogen-bond donors (Lipinski definition) is 1. The molecular weight excluding hydrogens is 296 g/mol. The van der Waals surface area contributed by atoms with Crippen molar-refractivity contribution >= 4 is 0 Å². The van der Waals surface area contributed by atoms with Crippen LogP contribution in [0.4, 0.5) is 17.6 Å². The normalized spacial score (nSPS) is 22.4. The second-order valence-electron chi connectivity index (χ2n) is 6.19. The summed E-state index contributed by atoms with van der Waals surface area (Å²) in [4.78, 5) is 2.20. The van der Waals surface area contributed by atoms with Gasteiger partial charge in [0.15, 0.2) is 0 Å². The quantitative estimate of drug-likeness (QED) is 0.857. The van der Waals surface area contributed by atoms with Crippen LogP contribution in [0.5, 0.6) is 0 Å². The van der Waals surface area contributed by atoms with Crippen molar-refractivity contribution in [2.45, 2.75) is 31.5 Å². The Balaban J connectivity index is 1.94. The Morgan fingerprint density at radius 1 is 1.09 bits per heavy atom. The van der Waals surface area contributed by atoms with E-state index < -0.39 is 17.6 Å². The van der Waals surface area contributed by atoms with Gasteiger partial charge in [0, 0.05) is 32.2 Å². The molecule has 2 nitrogen and oxygen atoms in total. The van der Waals surface area contributed by atoms with Crippen LogP contribution in [0.3, 0.4) is 0 Å². The minimum Gasteiger partial charge on any atom is -0.314 e. The van der Waals surface area contributed by atoms with Gasteiger partial charge in [-0.3, -0.25) is 4.90 Å². The highest BCUT2D eigenvalue weighted by atomic mass is 19.4. The van der Waals surface area contributed by atoms with Crippen LogP contribution in [0, 0.1) is 11.7 Å². The van der Waals surface area contributed by atoms with Gasteiger partial charge in [-0.15, -0.1) is 0 Å². The Hall–Kier alpha value is -1.14. The van der Waals surface area contributed by atoms with Gasteiger partial charge in [0.1, 0.15) is 5.82 Å². The van der Waals surface area contributed by atoms with E-state index >= 15 is 0 Å². The number of nitrogens with zero attached hydrogens (tertiary/aromatic N) is 1. The smallest absolute Gasteiger partial charge is 0.314 e. The summed E-state index contributed by atoms with van der Waals surface area (Å²) in [6, 6.07) is 2.89. The van der Waals surface area contributed by atoms with Crippen molar-refractivity contribution in [1.82, 2.24) is 10.2 Å². The Bertz CT molecular complexity index is 519. The average Bonchev–Trinajstić information content (AvgIpc) is 2.42. The predicted molar refractivity (Wildman–Crippen MR) is 75.9 cm³/mol. The third-order valence-corrected chi connectivity index (χ3v) is 4.73. The number of rotatable bonds is 3. The molecule has 1 saturated carbocycles. The summed E-state index contributed by atoms with van der Waals surface area (Å²) in [5, 5.41) is 3.25. The highest BCUT2D eigenvalue weighted by Crippen LogP contribution is 2.43. The molecule has 1 aliphatic carbocycles. The van der Waals surface area contributed by atoms with Gasteiger partial charge >= 0.3 is 6.18 Å². The molecule has 1 atom stereocenters. The van der Waals surface area contributed by atoms with Crippen molar-refractivity contribution in [3.8, 4) is 0 Å². The van der Waals surface area contributed by atoms with Crippen LogP contribution in [-0.2, 0) is 6.18 Å². The SMILES string of the molecule is Fc1cc([C@H](C2CCC2)N2CCNCC2)cc(C(F)(F)F)c1. The van der Waals surface area contributed by atoms with Crippen molar-refractivity contribution in [1.29, 1.82) is 0 Å². The van der Waals surface area contributed by atoms with Crippen molar-refractivity contribution in [3.05, 3.63) is 35.1 Å². The monoisotopic (exact) mass is 316 g/mol. The first-order valence-corrected chi connectivity index (χ1v) is 7.77. The molecule has 1 aromatic carbocycles. The number of halogens is 4. The second kappa shape index (κ2) is 6.16. The van der Waals surface area contributed by atoms with E-state index in [4.69, 9.17) is 0 Å². The second-order valence-corrected chi connectivity index (χ2v) is 6.19. The van der Waals surface area contributed by atoms with Gasteiger partial charge in [-0.2, -0.15) is 13.2 Å². The molecule has 0 bridgehead atoms. The molecule has 3 rings (SSSR count). The van der Waals surface area contributed by atoms with Crippen molar-refractivity contribution in [2.75, 3.05) is 26.2 Å². The van der Waals surface area contributed by atoms with Crippen molar-refractivity contribution in [3.63, 3.8) is 0 Å². The predicted octanol–water partition coefficient (Wildman–Crippen LogP) is 3.59. The molecule has 0 amide bonds. The number of piperazine rings is 1. The van der Waals surface area contributed by atoms with Crippen LogP contribution >= 0.6 is 0 Å². The van der Waals surface area contributed by atoms with Crippen LogP contribution in [0.1, 0.15) is 36.4 Å². The zero-order chi connectivity index (χ0) is 15.7. The van der Waals surface area contributed by atoms with E-state index in [1.165, 1.54) is 6.07 Å². The molecule has 1 N–H and O–H groups in total. The summed E-state index contributed by atoms with van der Waals surface area (Å²) >= 11 is 0. The van der Waals surface area contributed by atoms with Gasteiger partial charge in [-0.1, -0.05) is 6.42 Å². The van der Waals surface area contributed by atoms with E-state index in [1.54, 1.807) is 0 Å². The van der Waals surface area contributed by atoms with Gasteiger partial charge in [0.05, 0.1) is 5.56 Å². The number of hydrogen-bond acceptors (Lipinski definition) is 2. The first-order valence-electron chi connectivity index (χ1n) is 7.77. The number of benzene rings is 1. The third-order valence-electron chi connectivity index (χ3n) is 4.73. The number of nitrogens with one attached hydrogen (secondary N) is 1. The summed E-state index contributed by atoms with van der Waals surface area (Å²) < 4.78 is 52.6. The van der Waals surface area contributed by atoms with Crippen molar-refractivity contribution < 1.29 is 17.6 Å². The van der Waals surface area contributed by atoms with E-state index in [-0.39, 0.29) is 6.04 Å². The van der Waals surface area contributed by atoms with E-state index in [0.29, 0.717) is 17.5 Å². The third kappa shape index (κ3) is 3.27. The van der Waals surface area contributed by atoms with E-state index in [9.17, 15) is 17.6 Å². The van der Waals surface area contributed by atoms with Crippen LogP contribution in [0.15, 0.2) is 18.2 Å². The van der Waals surface area contributed by atoms with E-state index in [1.807, 2.05) is 0 Å². The molecule has 2 fully saturated rings. The fourth-order valence-corrected chi connectivity index (χ4v) is 3.44. The fourth-order valence-electron chi connectivity index (χ4n) is 3.44. The maximum Gasteiger partial charge on any atom is 0.416 e. The summed E-state index contributed by atoms with van der Waals surface area (Å²) in [6.07, 6.45) is -1.39. The van der Waals surface area contributed by atoms with Gasteiger partial charge in [0.25, 0.3) is 0 Å². The lowest BCUT2D eigenvalue weighted by Crippen LogP contribution is -2.47. The minimum absolute atomic E-state index is 0.104. The Kier molecular flexibility index (Phi) is 4.41. The molecule has 1 aliphatic heterocycles. The highest BCUT2D eigenvalue weighted by Gasteiger charge is 2.36. The summed E-state index contributed by atoms with van der Waals surface area (Å²) in [7, 11) is 0. The summed E-state index contributed by atoms with van der Waals surface area (Å²) in [6.45, 7) is 3.23. The molecular formula is C16H20F4N2. The van der Waals surface area contributed by atoms with Crippen LogP contribution in [0.25, 0.3) is 0 Å². The molecule has 2 aliphatic rings. The zero-order valence-corrected chi connectivity index (χ0v) is 12.3. The minimum atomic E-state index is -4.51. The maximum atomic E-state index is 13.7. The Labute approximate surface area is 127 Å². The van der Waals surface area contributed by atoms with Crippen molar-refractivity contribution in [2.24, 2.45) is 5.92 Å². The zero-order valence-electron chi connectivity index (χ0n) is 12.3. The van der Waals surface area contributed by atoms with Gasteiger partial charge in [0.2, 0.25) is 0 Å². The van der Waals surface area contributed by atoms with Crippen LogP contribution < -0.4 is 5.32 Å². The molecule has 0 radical (unpaired) electrons. The lowest BCUT2D eigenvalue weighted by molar-refractivity contribution is -0.137. The standard InChI is InChI=1S/C16H20F4N2/c17-14-9-12(8-13(10-14)16(18,19)20)15(11-2-1-3-11)22-6-4-21-5-7-22/h8-11,15,21H,1-7H2/t15-/m0/s1. The molecule has 1 heterocycles. The molecule has 0 unspecified atom stereocenters. The molecule has 6 heteroatoms. The van der Waals surface area contributed by atoms with Gasteiger partial charge in [-0.05, 0) is 42.5 Å². The lowest BCUT2D eigenvalue weighted by Gasteiger charge is -2.43. The summed E-state index contributed by atoms with van der Waals surface area (Å²) in [5.41, 5.74) is -0.416. The topological polar surface area (TPSA) is 15.3 Å². The van der Waals surface area contributed by atoms with Gasteiger partial charge in [-0.25, -0.2) is 4.39 Å². The molecule has 1 aromatic rings. The Morgan fingerprint density at radius 2 is 1.77 bits per heavy atom.